The molecule has 0 atom stereocenters. The number of aryl methyl sites for hydroxylation is 1. The van der Waals surface area contributed by atoms with Crippen LogP contribution in [0.25, 0.3) is 11.1 Å². The fourth-order valence-electron chi connectivity index (χ4n) is 4.08. The standard InChI is InChI=1S/C23H28N2O5/c1-7-30-22(26)19-13(2)24-16-11-23(3,4)12-17(25-27)21(16)20(19)15-10-14(28-5)8-9-18(15)29-6/h8-10,27H,7,11-12H2,1-6H3/b25-17-. The summed E-state index contributed by atoms with van der Waals surface area (Å²) in [6.07, 6.45) is 1.23. The minimum absolute atomic E-state index is 0.130. The van der Waals surface area contributed by atoms with Crippen LogP contribution in [0.1, 0.15) is 54.5 Å². The quantitative estimate of drug-likeness (QED) is 0.445. The van der Waals surface area contributed by atoms with E-state index in [9.17, 15) is 10.0 Å². The van der Waals surface area contributed by atoms with Crippen LogP contribution >= 0.6 is 0 Å². The third-order valence-electron chi connectivity index (χ3n) is 5.31. The highest BCUT2D eigenvalue weighted by molar-refractivity contribution is 6.13. The number of aromatic nitrogens is 1. The number of ether oxygens (including phenoxy) is 3. The maximum Gasteiger partial charge on any atom is 0.340 e. The molecule has 7 heteroatoms. The molecule has 0 aliphatic heterocycles. The number of oxime groups is 1. The molecule has 1 aromatic carbocycles. The minimum atomic E-state index is -0.479. The molecule has 160 valence electrons. The lowest BCUT2D eigenvalue weighted by Crippen LogP contribution is -2.30. The number of esters is 1. The van der Waals surface area contributed by atoms with Crippen LogP contribution in [0.3, 0.4) is 0 Å². The molecular weight excluding hydrogens is 384 g/mol. The fraction of sp³-hybridized carbons (Fsp3) is 0.435. The third-order valence-corrected chi connectivity index (χ3v) is 5.31. The number of hydrogen-bond acceptors (Lipinski definition) is 7. The molecule has 1 N–H and O–H groups in total. The van der Waals surface area contributed by atoms with E-state index in [-0.39, 0.29) is 12.0 Å². The highest BCUT2D eigenvalue weighted by Gasteiger charge is 2.36. The molecule has 0 saturated heterocycles. The van der Waals surface area contributed by atoms with Gasteiger partial charge in [0.25, 0.3) is 0 Å². The van der Waals surface area contributed by atoms with Gasteiger partial charge in [0.05, 0.1) is 43.5 Å². The first-order valence-corrected chi connectivity index (χ1v) is 9.90. The van der Waals surface area contributed by atoms with Gasteiger partial charge in [-0.1, -0.05) is 19.0 Å². The molecule has 3 rings (SSSR count). The van der Waals surface area contributed by atoms with E-state index < -0.39 is 5.97 Å². The van der Waals surface area contributed by atoms with Crippen molar-refractivity contribution in [2.45, 2.75) is 40.5 Å². The zero-order valence-corrected chi connectivity index (χ0v) is 18.3. The Labute approximate surface area is 176 Å². The van der Waals surface area contributed by atoms with Crippen LogP contribution in [0, 0.1) is 12.3 Å². The zero-order chi connectivity index (χ0) is 22.1. The number of hydrogen-bond donors (Lipinski definition) is 1. The molecule has 1 aliphatic rings. The average molecular weight is 412 g/mol. The van der Waals surface area contributed by atoms with E-state index >= 15 is 0 Å². The predicted molar refractivity (Wildman–Crippen MR) is 114 cm³/mol. The van der Waals surface area contributed by atoms with Gasteiger partial charge in [-0.15, -0.1) is 0 Å². The van der Waals surface area contributed by atoms with E-state index in [4.69, 9.17) is 19.2 Å². The molecule has 0 fully saturated rings. The van der Waals surface area contributed by atoms with Gasteiger partial charge < -0.3 is 19.4 Å². The molecule has 2 aromatic rings. The van der Waals surface area contributed by atoms with Crippen LogP contribution in [-0.4, -0.2) is 42.7 Å². The van der Waals surface area contributed by atoms with Crippen molar-refractivity contribution in [3.63, 3.8) is 0 Å². The van der Waals surface area contributed by atoms with E-state index in [0.717, 1.165) is 5.69 Å². The second kappa shape index (κ2) is 8.34. The van der Waals surface area contributed by atoms with E-state index in [1.54, 1.807) is 40.2 Å². The molecule has 7 nitrogen and oxygen atoms in total. The van der Waals surface area contributed by atoms with E-state index in [0.29, 0.717) is 58.0 Å². The molecule has 1 aromatic heterocycles. The lowest BCUT2D eigenvalue weighted by atomic mass is 9.72. The van der Waals surface area contributed by atoms with Gasteiger partial charge in [0.2, 0.25) is 0 Å². The first-order chi connectivity index (χ1) is 14.3. The summed E-state index contributed by atoms with van der Waals surface area (Å²) < 4.78 is 16.4. The van der Waals surface area contributed by atoms with Crippen molar-refractivity contribution in [1.82, 2.24) is 4.98 Å². The number of carbonyl (C=O) groups excluding carboxylic acids is 1. The summed E-state index contributed by atoms with van der Waals surface area (Å²) in [6.45, 7) is 7.98. The summed E-state index contributed by atoms with van der Waals surface area (Å²) in [5.41, 5.74) is 3.93. The SMILES string of the molecule is CCOC(=O)c1c(C)nc2c(c1-c1cc(OC)ccc1OC)/C(=N\O)CC(C)(C)C2. The summed E-state index contributed by atoms with van der Waals surface area (Å²) in [6, 6.07) is 5.39. The Morgan fingerprint density at radius 3 is 2.53 bits per heavy atom. The molecule has 0 radical (unpaired) electrons. The van der Waals surface area contributed by atoms with E-state index in [1.165, 1.54) is 0 Å². The van der Waals surface area contributed by atoms with Gasteiger partial charge in [0, 0.05) is 16.7 Å². The number of carbonyl (C=O) groups is 1. The first-order valence-electron chi connectivity index (χ1n) is 9.90. The molecule has 0 unspecified atom stereocenters. The van der Waals surface area contributed by atoms with Gasteiger partial charge in [0.1, 0.15) is 11.5 Å². The number of nitrogens with zero attached hydrogens (tertiary/aromatic N) is 2. The Balaban J connectivity index is 2.46. The number of methoxy groups -OCH3 is 2. The number of benzene rings is 1. The molecule has 1 heterocycles. The van der Waals surface area contributed by atoms with Gasteiger partial charge in [-0.25, -0.2) is 4.79 Å². The summed E-state index contributed by atoms with van der Waals surface area (Å²) >= 11 is 0. The largest absolute Gasteiger partial charge is 0.497 e. The molecule has 0 saturated carbocycles. The van der Waals surface area contributed by atoms with Gasteiger partial charge in [0.15, 0.2) is 0 Å². The normalized spacial score (nSPS) is 16.1. The smallest absolute Gasteiger partial charge is 0.340 e. The van der Waals surface area contributed by atoms with Crippen molar-refractivity contribution in [2.75, 3.05) is 20.8 Å². The topological polar surface area (TPSA) is 90.2 Å². The average Bonchev–Trinajstić information content (AvgIpc) is 2.70. The van der Waals surface area contributed by atoms with Gasteiger partial charge in [-0.05, 0) is 50.3 Å². The lowest BCUT2D eigenvalue weighted by molar-refractivity contribution is 0.0526. The van der Waals surface area contributed by atoms with Crippen LogP contribution in [0.2, 0.25) is 0 Å². The van der Waals surface area contributed by atoms with Crippen molar-refractivity contribution in [3.05, 3.63) is 40.7 Å². The van der Waals surface area contributed by atoms with Gasteiger partial charge in [-0.3, -0.25) is 4.98 Å². The third kappa shape index (κ3) is 3.84. The molecule has 30 heavy (non-hydrogen) atoms. The number of rotatable bonds is 5. The Bertz CT molecular complexity index is 1010. The minimum Gasteiger partial charge on any atom is -0.497 e. The Morgan fingerprint density at radius 2 is 1.93 bits per heavy atom. The molecule has 0 bridgehead atoms. The van der Waals surface area contributed by atoms with E-state index in [2.05, 4.69) is 19.0 Å². The molecular formula is C23H28N2O5. The van der Waals surface area contributed by atoms with Crippen molar-refractivity contribution < 1.29 is 24.2 Å². The monoisotopic (exact) mass is 412 g/mol. The zero-order valence-electron chi connectivity index (χ0n) is 18.3. The highest BCUT2D eigenvalue weighted by atomic mass is 16.5. The van der Waals surface area contributed by atoms with Crippen LogP contribution in [0.5, 0.6) is 11.5 Å². The van der Waals surface area contributed by atoms with Crippen molar-refractivity contribution in [3.8, 4) is 22.6 Å². The summed E-state index contributed by atoms with van der Waals surface area (Å²) in [4.78, 5) is 17.7. The summed E-state index contributed by atoms with van der Waals surface area (Å²) in [5.74, 6) is 0.700. The summed E-state index contributed by atoms with van der Waals surface area (Å²) in [5, 5.41) is 13.5. The molecule has 1 aliphatic carbocycles. The lowest BCUT2D eigenvalue weighted by Gasteiger charge is -2.33. The van der Waals surface area contributed by atoms with Crippen molar-refractivity contribution >= 4 is 11.7 Å². The van der Waals surface area contributed by atoms with Crippen LogP contribution < -0.4 is 9.47 Å². The second-order valence-corrected chi connectivity index (χ2v) is 8.12. The van der Waals surface area contributed by atoms with Crippen LogP contribution in [0.4, 0.5) is 0 Å². The highest BCUT2D eigenvalue weighted by Crippen LogP contribution is 2.44. The second-order valence-electron chi connectivity index (χ2n) is 8.12. The predicted octanol–water partition coefficient (Wildman–Crippen LogP) is 4.40. The fourth-order valence-corrected chi connectivity index (χ4v) is 4.08. The Hall–Kier alpha value is -3.09. The van der Waals surface area contributed by atoms with Crippen LogP contribution in [-0.2, 0) is 11.2 Å². The molecule has 0 amide bonds. The Kier molecular flexibility index (Phi) is 6.01. The van der Waals surface area contributed by atoms with Gasteiger partial charge in [-0.2, -0.15) is 0 Å². The summed E-state index contributed by atoms with van der Waals surface area (Å²) in [7, 11) is 3.15. The Morgan fingerprint density at radius 1 is 1.20 bits per heavy atom. The molecule has 0 spiro atoms. The maximum atomic E-state index is 13.0. The van der Waals surface area contributed by atoms with Gasteiger partial charge >= 0.3 is 5.97 Å². The van der Waals surface area contributed by atoms with E-state index in [1.807, 2.05) is 6.07 Å². The van der Waals surface area contributed by atoms with Crippen molar-refractivity contribution in [1.29, 1.82) is 0 Å². The van der Waals surface area contributed by atoms with Crippen molar-refractivity contribution in [2.24, 2.45) is 10.6 Å². The number of pyridine rings is 1. The van der Waals surface area contributed by atoms with Crippen LogP contribution in [0.15, 0.2) is 23.4 Å². The maximum absolute atomic E-state index is 13.0. The first kappa shape index (κ1) is 21.6. The number of fused-ring (bicyclic) bond motifs is 1.